The number of ether oxygens (including phenoxy) is 1. The number of carbonyl (C=O) groups is 1. The summed E-state index contributed by atoms with van der Waals surface area (Å²) in [4.78, 5) is 10.8. The van der Waals surface area contributed by atoms with Gasteiger partial charge in [0.25, 0.3) is 0 Å². The van der Waals surface area contributed by atoms with Crippen molar-refractivity contribution in [2.45, 2.75) is 39.2 Å². The molecular formula is C15H20FNO3. The first-order valence-corrected chi connectivity index (χ1v) is 6.85. The molecule has 0 aliphatic heterocycles. The number of aromatic carboxylic acids is 1. The Morgan fingerprint density at radius 3 is 2.45 bits per heavy atom. The van der Waals surface area contributed by atoms with E-state index in [4.69, 9.17) is 15.6 Å². The van der Waals surface area contributed by atoms with Gasteiger partial charge in [-0.15, -0.1) is 0 Å². The predicted octanol–water partition coefficient (Wildman–Crippen LogP) is 3.31. The van der Waals surface area contributed by atoms with E-state index in [1.807, 2.05) is 0 Å². The molecule has 0 saturated heterocycles. The van der Waals surface area contributed by atoms with Crippen molar-refractivity contribution in [3.05, 3.63) is 23.5 Å². The lowest BCUT2D eigenvalue weighted by molar-refractivity contribution is 0.0691. The van der Waals surface area contributed by atoms with Crippen LogP contribution in [0.15, 0.2) is 12.1 Å². The fourth-order valence-corrected chi connectivity index (χ4v) is 2.99. The predicted molar refractivity (Wildman–Crippen MR) is 74.4 cm³/mol. The molecule has 0 heterocycles. The Hall–Kier alpha value is -1.78. The second kappa shape index (κ2) is 5.69. The van der Waals surface area contributed by atoms with Gasteiger partial charge in [-0.25, -0.2) is 9.18 Å². The lowest BCUT2D eigenvalue weighted by atomic mass is 9.82. The van der Waals surface area contributed by atoms with Crippen LogP contribution in [0.2, 0.25) is 0 Å². The first-order valence-electron chi connectivity index (χ1n) is 6.85. The molecule has 5 heteroatoms. The van der Waals surface area contributed by atoms with E-state index in [2.05, 4.69) is 13.8 Å². The zero-order valence-corrected chi connectivity index (χ0v) is 11.7. The van der Waals surface area contributed by atoms with E-state index in [9.17, 15) is 9.18 Å². The molecule has 2 unspecified atom stereocenters. The number of halogens is 1. The third kappa shape index (κ3) is 3.21. The van der Waals surface area contributed by atoms with Crippen LogP contribution in [0, 0.1) is 17.7 Å². The Balaban J connectivity index is 2.17. The summed E-state index contributed by atoms with van der Waals surface area (Å²) in [5.41, 5.74) is 5.49. The van der Waals surface area contributed by atoms with Crippen LogP contribution in [0.5, 0.6) is 5.75 Å². The molecule has 0 aromatic heterocycles. The zero-order chi connectivity index (χ0) is 14.9. The van der Waals surface area contributed by atoms with Gasteiger partial charge in [0.1, 0.15) is 11.6 Å². The Kier molecular flexibility index (Phi) is 4.16. The van der Waals surface area contributed by atoms with Gasteiger partial charge >= 0.3 is 5.97 Å². The first kappa shape index (κ1) is 14.6. The highest BCUT2D eigenvalue weighted by Crippen LogP contribution is 2.34. The first-order chi connectivity index (χ1) is 9.36. The van der Waals surface area contributed by atoms with E-state index in [-0.39, 0.29) is 17.5 Å². The second-order valence-corrected chi connectivity index (χ2v) is 5.83. The molecule has 1 fully saturated rings. The van der Waals surface area contributed by atoms with Crippen molar-refractivity contribution in [2.24, 2.45) is 11.8 Å². The Morgan fingerprint density at radius 1 is 1.30 bits per heavy atom. The van der Waals surface area contributed by atoms with E-state index < -0.39 is 17.3 Å². The van der Waals surface area contributed by atoms with E-state index in [0.717, 1.165) is 25.0 Å². The van der Waals surface area contributed by atoms with Gasteiger partial charge in [-0.05, 0) is 37.2 Å². The maximum absolute atomic E-state index is 13.7. The van der Waals surface area contributed by atoms with Gasteiger partial charge in [-0.2, -0.15) is 0 Å². The zero-order valence-electron chi connectivity index (χ0n) is 11.7. The van der Waals surface area contributed by atoms with Gasteiger partial charge in [0.2, 0.25) is 0 Å². The molecule has 1 aliphatic carbocycles. The number of benzene rings is 1. The molecule has 2 rings (SSSR count). The Labute approximate surface area is 117 Å². The summed E-state index contributed by atoms with van der Waals surface area (Å²) < 4.78 is 19.5. The number of carboxylic acids is 1. The number of hydrogen-bond acceptors (Lipinski definition) is 3. The molecule has 20 heavy (non-hydrogen) atoms. The van der Waals surface area contributed by atoms with Crippen molar-refractivity contribution in [2.75, 3.05) is 5.73 Å². The number of hydrogen-bond donors (Lipinski definition) is 2. The molecule has 1 saturated carbocycles. The lowest BCUT2D eigenvalue weighted by Gasteiger charge is -2.32. The van der Waals surface area contributed by atoms with Crippen molar-refractivity contribution in [3.8, 4) is 5.75 Å². The van der Waals surface area contributed by atoms with E-state index in [1.54, 1.807) is 0 Å². The van der Waals surface area contributed by atoms with Gasteiger partial charge in [-0.1, -0.05) is 13.8 Å². The summed E-state index contributed by atoms with van der Waals surface area (Å²) in [6.07, 6.45) is 2.99. The SMILES string of the molecule is CC1CC(C)CC(Oc2cc(F)c(C(=O)O)cc2N)C1. The third-order valence-corrected chi connectivity index (χ3v) is 3.76. The molecule has 110 valence electrons. The number of carboxylic acid groups (broad SMARTS) is 1. The maximum atomic E-state index is 13.7. The number of anilines is 1. The molecule has 1 aromatic carbocycles. The van der Waals surface area contributed by atoms with E-state index in [0.29, 0.717) is 11.8 Å². The molecule has 4 nitrogen and oxygen atoms in total. The third-order valence-electron chi connectivity index (χ3n) is 3.76. The van der Waals surface area contributed by atoms with Crippen molar-refractivity contribution in [1.29, 1.82) is 0 Å². The summed E-state index contributed by atoms with van der Waals surface area (Å²) in [5, 5.41) is 8.84. The highest BCUT2D eigenvalue weighted by molar-refractivity contribution is 5.89. The molecule has 1 aliphatic rings. The number of rotatable bonds is 3. The van der Waals surface area contributed by atoms with Crippen LogP contribution in [0.4, 0.5) is 10.1 Å². The number of nitrogen functional groups attached to an aromatic ring is 1. The van der Waals surface area contributed by atoms with Gasteiger partial charge in [0.05, 0.1) is 17.4 Å². The van der Waals surface area contributed by atoms with Crippen LogP contribution in [-0.2, 0) is 0 Å². The summed E-state index contributed by atoms with van der Waals surface area (Å²) >= 11 is 0. The standard InChI is InChI=1S/C15H20FNO3/c1-8-3-9(2)5-10(4-8)20-14-7-12(16)11(15(18)19)6-13(14)17/h6-10H,3-5,17H2,1-2H3,(H,18,19). The minimum absolute atomic E-state index is 0.00567. The summed E-state index contributed by atoms with van der Waals surface area (Å²) in [5.74, 6) is -0.792. The second-order valence-electron chi connectivity index (χ2n) is 5.83. The molecule has 0 bridgehead atoms. The topological polar surface area (TPSA) is 72.5 Å². The molecule has 0 amide bonds. The normalized spacial score (nSPS) is 26.2. The molecule has 0 radical (unpaired) electrons. The van der Waals surface area contributed by atoms with Crippen LogP contribution in [0.3, 0.4) is 0 Å². The van der Waals surface area contributed by atoms with Crippen molar-refractivity contribution < 1.29 is 19.0 Å². The fourth-order valence-electron chi connectivity index (χ4n) is 2.99. The highest BCUT2D eigenvalue weighted by atomic mass is 19.1. The van der Waals surface area contributed by atoms with Crippen LogP contribution in [-0.4, -0.2) is 17.2 Å². The molecule has 1 aromatic rings. The lowest BCUT2D eigenvalue weighted by Crippen LogP contribution is -2.28. The molecule has 3 N–H and O–H groups in total. The molecule has 2 atom stereocenters. The Morgan fingerprint density at radius 2 is 1.90 bits per heavy atom. The van der Waals surface area contributed by atoms with Crippen molar-refractivity contribution in [1.82, 2.24) is 0 Å². The van der Waals surface area contributed by atoms with Gasteiger partial charge in [0.15, 0.2) is 0 Å². The van der Waals surface area contributed by atoms with E-state index in [1.165, 1.54) is 6.42 Å². The summed E-state index contributed by atoms with van der Waals surface area (Å²) in [6.45, 7) is 4.34. The van der Waals surface area contributed by atoms with Crippen LogP contribution in [0.25, 0.3) is 0 Å². The maximum Gasteiger partial charge on any atom is 0.338 e. The number of nitrogens with two attached hydrogens (primary N) is 1. The Bertz CT molecular complexity index is 508. The van der Waals surface area contributed by atoms with Gasteiger partial charge in [-0.3, -0.25) is 0 Å². The average Bonchev–Trinajstić information content (AvgIpc) is 2.31. The van der Waals surface area contributed by atoms with Crippen LogP contribution < -0.4 is 10.5 Å². The molecule has 0 spiro atoms. The van der Waals surface area contributed by atoms with Crippen LogP contribution in [0.1, 0.15) is 43.5 Å². The largest absolute Gasteiger partial charge is 0.488 e. The average molecular weight is 281 g/mol. The highest BCUT2D eigenvalue weighted by Gasteiger charge is 2.26. The minimum Gasteiger partial charge on any atom is -0.488 e. The molecular weight excluding hydrogens is 261 g/mol. The van der Waals surface area contributed by atoms with Crippen molar-refractivity contribution in [3.63, 3.8) is 0 Å². The quantitative estimate of drug-likeness (QED) is 0.834. The van der Waals surface area contributed by atoms with E-state index >= 15 is 0 Å². The van der Waals surface area contributed by atoms with Crippen LogP contribution >= 0.6 is 0 Å². The summed E-state index contributed by atoms with van der Waals surface area (Å²) in [7, 11) is 0. The van der Waals surface area contributed by atoms with Gasteiger partial charge < -0.3 is 15.6 Å². The monoisotopic (exact) mass is 281 g/mol. The van der Waals surface area contributed by atoms with Gasteiger partial charge in [0, 0.05) is 6.07 Å². The summed E-state index contributed by atoms with van der Waals surface area (Å²) in [6, 6.07) is 2.19. The smallest absolute Gasteiger partial charge is 0.338 e. The minimum atomic E-state index is -1.33. The fraction of sp³-hybridized carbons (Fsp3) is 0.533. The van der Waals surface area contributed by atoms with Crippen molar-refractivity contribution >= 4 is 11.7 Å².